The highest BCUT2D eigenvalue weighted by molar-refractivity contribution is 5.93. The molecule has 1 N–H and O–H groups in total. The standard InChI is InChI=1S/C23H22N4O2/c1-17-6-8-19(9-7-17)29-15-14-27-21-5-3-2-4-20(21)26-22(27)16-25-23(28)18-10-12-24-13-11-18/h2-13H,14-16H2,1H3,(H,25,28). The molecule has 0 fully saturated rings. The lowest BCUT2D eigenvalue weighted by Crippen LogP contribution is -2.25. The summed E-state index contributed by atoms with van der Waals surface area (Å²) in [4.78, 5) is 21.0. The van der Waals surface area contributed by atoms with Gasteiger partial charge in [0.05, 0.1) is 24.1 Å². The lowest BCUT2D eigenvalue weighted by molar-refractivity contribution is 0.0949. The van der Waals surface area contributed by atoms with Crippen LogP contribution in [0.25, 0.3) is 11.0 Å². The van der Waals surface area contributed by atoms with E-state index in [4.69, 9.17) is 9.72 Å². The maximum absolute atomic E-state index is 12.4. The third-order valence-electron chi connectivity index (χ3n) is 4.69. The van der Waals surface area contributed by atoms with Crippen molar-refractivity contribution in [3.63, 3.8) is 0 Å². The van der Waals surface area contributed by atoms with Crippen molar-refractivity contribution in [1.82, 2.24) is 19.9 Å². The van der Waals surface area contributed by atoms with Crippen LogP contribution in [-0.2, 0) is 13.1 Å². The number of nitrogens with one attached hydrogen (secondary N) is 1. The van der Waals surface area contributed by atoms with Crippen LogP contribution in [0.3, 0.4) is 0 Å². The third kappa shape index (κ3) is 4.43. The molecule has 0 aliphatic rings. The van der Waals surface area contributed by atoms with E-state index in [1.807, 2.05) is 55.5 Å². The summed E-state index contributed by atoms with van der Waals surface area (Å²) in [5.74, 6) is 1.48. The molecule has 0 atom stereocenters. The third-order valence-corrected chi connectivity index (χ3v) is 4.69. The molecular formula is C23H22N4O2. The Morgan fingerprint density at radius 3 is 2.59 bits per heavy atom. The van der Waals surface area contributed by atoms with Crippen molar-refractivity contribution >= 4 is 16.9 Å². The van der Waals surface area contributed by atoms with Gasteiger partial charge in [-0.1, -0.05) is 29.8 Å². The number of para-hydroxylation sites is 2. The number of nitrogens with zero attached hydrogens (tertiary/aromatic N) is 3. The number of hydrogen-bond donors (Lipinski definition) is 1. The van der Waals surface area contributed by atoms with Crippen LogP contribution in [0.15, 0.2) is 73.1 Å². The topological polar surface area (TPSA) is 69.0 Å². The number of pyridine rings is 1. The summed E-state index contributed by atoms with van der Waals surface area (Å²) in [6.07, 6.45) is 3.21. The molecule has 2 aromatic carbocycles. The predicted octanol–water partition coefficient (Wildman–Crippen LogP) is 3.75. The number of fused-ring (bicyclic) bond motifs is 1. The number of carbonyl (C=O) groups is 1. The number of aromatic nitrogens is 3. The molecule has 4 aromatic rings. The molecule has 0 saturated carbocycles. The molecule has 0 saturated heterocycles. The minimum Gasteiger partial charge on any atom is -0.492 e. The van der Waals surface area contributed by atoms with Crippen LogP contribution < -0.4 is 10.1 Å². The van der Waals surface area contributed by atoms with E-state index < -0.39 is 0 Å². The van der Waals surface area contributed by atoms with Gasteiger partial charge in [0.2, 0.25) is 0 Å². The van der Waals surface area contributed by atoms with E-state index in [1.165, 1.54) is 5.56 Å². The van der Waals surface area contributed by atoms with E-state index in [0.717, 1.165) is 22.6 Å². The van der Waals surface area contributed by atoms with Crippen LogP contribution in [0.1, 0.15) is 21.7 Å². The van der Waals surface area contributed by atoms with Crippen molar-refractivity contribution in [3.05, 3.63) is 90.0 Å². The summed E-state index contributed by atoms with van der Waals surface area (Å²) in [5, 5.41) is 2.94. The number of imidazole rings is 1. The number of benzene rings is 2. The highest BCUT2D eigenvalue weighted by Crippen LogP contribution is 2.17. The lowest BCUT2D eigenvalue weighted by atomic mass is 10.2. The zero-order valence-electron chi connectivity index (χ0n) is 16.2. The summed E-state index contributed by atoms with van der Waals surface area (Å²) in [6, 6.07) is 19.3. The molecule has 0 bridgehead atoms. The number of amides is 1. The van der Waals surface area contributed by atoms with Gasteiger partial charge in [-0.05, 0) is 43.3 Å². The van der Waals surface area contributed by atoms with Crippen molar-refractivity contribution in [1.29, 1.82) is 0 Å². The van der Waals surface area contributed by atoms with Gasteiger partial charge in [-0.15, -0.1) is 0 Å². The predicted molar refractivity (Wildman–Crippen MR) is 112 cm³/mol. The van der Waals surface area contributed by atoms with Crippen LogP contribution in [0.5, 0.6) is 5.75 Å². The number of ether oxygens (including phenoxy) is 1. The van der Waals surface area contributed by atoms with E-state index in [2.05, 4.69) is 14.9 Å². The minimum absolute atomic E-state index is 0.151. The molecule has 2 heterocycles. The first-order chi connectivity index (χ1) is 14.2. The Morgan fingerprint density at radius 1 is 1.03 bits per heavy atom. The molecule has 1 amide bonds. The summed E-state index contributed by atoms with van der Waals surface area (Å²) in [5.41, 5.74) is 3.69. The van der Waals surface area contributed by atoms with Crippen molar-refractivity contribution in [2.75, 3.05) is 6.61 Å². The second-order valence-corrected chi connectivity index (χ2v) is 6.75. The summed E-state index contributed by atoms with van der Waals surface area (Å²) in [7, 11) is 0. The van der Waals surface area contributed by atoms with Gasteiger partial charge in [-0.3, -0.25) is 9.78 Å². The van der Waals surface area contributed by atoms with Crippen LogP contribution in [-0.4, -0.2) is 27.0 Å². The molecule has 0 unspecified atom stereocenters. The van der Waals surface area contributed by atoms with Crippen molar-refractivity contribution in [2.24, 2.45) is 0 Å². The van der Waals surface area contributed by atoms with Crippen molar-refractivity contribution < 1.29 is 9.53 Å². The molecule has 146 valence electrons. The molecule has 0 aliphatic carbocycles. The van der Waals surface area contributed by atoms with Gasteiger partial charge in [-0.2, -0.15) is 0 Å². The Labute approximate surface area is 169 Å². The molecule has 4 rings (SSSR count). The quantitative estimate of drug-likeness (QED) is 0.525. The highest BCUT2D eigenvalue weighted by atomic mass is 16.5. The smallest absolute Gasteiger partial charge is 0.251 e. The van der Waals surface area contributed by atoms with Crippen molar-refractivity contribution in [2.45, 2.75) is 20.0 Å². The fourth-order valence-electron chi connectivity index (χ4n) is 3.16. The second-order valence-electron chi connectivity index (χ2n) is 6.75. The van der Waals surface area contributed by atoms with Crippen LogP contribution >= 0.6 is 0 Å². The van der Waals surface area contributed by atoms with Gasteiger partial charge in [0, 0.05) is 18.0 Å². The Kier molecular flexibility index (Phi) is 5.52. The molecular weight excluding hydrogens is 364 g/mol. The van der Waals surface area contributed by atoms with Crippen LogP contribution in [0.4, 0.5) is 0 Å². The first-order valence-electron chi connectivity index (χ1n) is 9.52. The van der Waals surface area contributed by atoms with E-state index in [-0.39, 0.29) is 5.91 Å². The number of carbonyl (C=O) groups excluding carboxylic acids is 1. The average Bonchev–Trinajstić information content (AvgIpc) is 3.11. The normalized spacial score (nSPS) is 10.8. The largest absolute Gasteiger partial charge is 0.492 e. The molecule has 6 nitrogen and oxygen atoms in total. The lowest BCUT2D eigenvalue weighted by Gasteiger charge is -2.12. The van der Waals surface area contributed by atoms with E-state index in [9.17, 15) is 4.79 Å². The fourth-order valence-corrected chi connectivity index (χ4v) is 3.16. The first kappa shape index (κ1) is 18.7. The Hall–Kier alpha value is -3.67. The Bertz CT molecular complexity index is 1100. The van der Waals surface area contributed by atoms with Gasteiger partial charge in [0.25, 0.3) is 5.91 Å². The molecule has 0 aliphatic heterocycles. The maximum Gasteiger partial charge on any atom is 0.251 e. The van der Waals surface area contributed by atoms with Gasteiger partial charge in [0.15, 0.2) is 0 Å². The molecule has 0 spiro atoms. The van der Waals surface area contributed by atoms with E-state index in [0.29, 0.717) is 25.3 Å². The van der Waals surface area contributed by atoms with Crippen LogP contribution in [0, 0.1) is 6.92 Å². The van der Waals surface area contributed by atoms with Crippen molar-refractivity contribution in [3.8, 4) is 5.75 Å². The van der Waals surface area contributed by atoms with Gasteiger partial charge in [0.1, 0.15) is 18.2 Å². The molecule has 0 radical (unpaired) electrons. The molecule has 2 aromatic heterocycles. The van der Waals surface area contributed by atoms with Crippen LogP contribution in [0.2, 0.25) is 0 Å². The summed E-state index contributed by atoms with van der Waals surface area (Å²) < 4.78 is 7.98. The van der Waals surface area contributed by atoms with Gasteiger partial charge >= 0.3 is 0 Å². The molecule has 29 heavy (non-hydrogen) atoms. The molecule has 6 heteroatoms. The monoisotopic (exact) mass is 386 g/mol. The second kappa shape index (κ2) is 8.56. The highest BCUT2D eigenvalue weighted by Gasteiger charge is 2.12. The number of hydrogen-bond acceptors (Lipinski definition) is 4. The average molecular weight is 386 g/mol. The van der Waals surface area contributed by atoms with Gasteiger partial charge in [-0.25, -0.2) is 4.98 Å². The summed E-state index contributed by atoms with van der Waals surface area (Å²) >= 11 is 0. The van der Waals surface area contributed by atoms with E-state index in [1.54, 1.807) is 24.5 Å². The Balaban J connectivity index is 1.48. The minimum atomic E-state index is -0.151. The maximum atomic E-state index is 12.4. The van der Waals surface area contributed by atoms with Gasteiger partial charge < -0.3 is 14.6 Å². The first-order valence-corrected chi connectivity index (χ1v) is 9.52. The zero-order chi connectivity index (χ0) is 20.1. The van der Waals surface area contributed by atoms with E-state index >= 15 is 0 Å². The fraction of sp³-hybridized carbons (Fsp3) is 0.174. The Morgan fingerprint density at radius 2 is 1.79 bits per heavy atom. The zero-order valence-corrected chi connectivity index (χ0v) is 16.2. The number of rotatable bonds is 7. The summed E-state index contributed by atoms with van der Waals surface area (Å²) in [6.45, 7) is 3.53. The number of aryl methyl sites for hydroxylation is 1. The SMILES string of the molecule is Cc1ccc(OCCn2c(CNC(=O)c3ccncc3)nc3ccccc32)cc1.